The van der Waals surface area contributed by atoms with Crippen molar-refractivity contribution in [1.82, 2.24) is 0 Å². The van der Waals surface area contributed by atoms with Crippen LogP contribution in [0.1, 0.15) is 0 Å². The zero-order chi connectivity index (χ0) is 33.6. The van der Waals surface area contributed by atoms with Gasteiger partial charge in [0, 0.05) is 0 Å². The Balaban J connectivity index is 7.37. The summed E-state index contributed by atoms with van der Waals surface area (Å²) >= 11 is 3.43. The Hall–Kier alpha value is -1.92. The summed E-state index contributed by atoms with van der Waals surface area (Å²) in [6, 6.07) is 0. The molecule has 0 aliphatic heterocycles. The van der Waals surface area contributed by atoms with Crippen LogP contribution >= 0.6 is 11.6 Å². The van der Waals surface area contributed by atoms with Gasteiger partial charge in [0.05, 0.1) is 0 Å². The summed E-state index contributed by atoms with van der Waals surface area (Å²) in [5.41, 5.74) is 0. The van der Waals surface area contributed by atoms with E-state index >= 15 is 0 Å². The minimum Gasteiger partial charge on any atom is -0.477 e. The number of halogens is 25. The average Bonchev–Trinajstić information content (AvgIpc) is 2.71. The van der Waals surface area contributed by atoms with Crippen LogP contribution in [0.2, 0.25) is 0 Å². The second-order valence-corrected chi connectivity index (χ2v) is 7.64. The van der Waals surface area contributed by atoms with Crippen LogP contribution in [-0.2, 0) is 4.79 Å². The summed E-state index contributed by atoms with van der Waals surface area (Å²) in [6.45, 7) is 0. The maximum Gasteiger partial charge on any atom is 0.460 e. The average molecular weight is 681 g/mol. The number of alkyl halides is 25. The minimum atomic E-state index is -9.60. The molecule has 0 heterocycles. The molecule has 27 heteroatoms. The highest BCUT2D eigenvalue weighted by molar-refractivity contribution is 6.26. The molecule has 1 unspecified atom stereocenters. The first-order chi connectivity index (χ1) is 16.7. The van der Waals surface area contributed by atoms with Crippen LogP contribution < -0.4 is 0 Å². The number of carboxylic acid groups (broad SMARTS) is 1. The lowest BCUT2D eigenvalue weighted by Crippen LogP contribution is -2.78. The lowest BCUT2D eigenvalue weighted by atomic mass is 9.85. The number of hydrogen-bond acceptors (Lipinski definition) is 1. The van der Waals surface area contributed by atoms with Crippen molar-refractivity contribution >= 4 is 17.6 Å². The van der Waals surface area contributed by atoms with Crippen molar-refractivity contribution in [2.24, 2.45) is 0 Å². The maximum atomic E-state index is 13.6. The monoisotopic (exact) mass is 680 g/mol. The number of hydrogen-bond donors (Lipinski definition) is 1. The van der Waals surface area contributed by atoms with E-state index in [1.165, 1.54) is 0 Å². The molecule has 0 aromatic rings. The van der Waals surface area contributed by atoms with Crippen molar-refractivity contribution in [2.75, 3.05) is 0 Å². The number of rotatable bonds is 11. The lowest BCUT2D eigenvalue weighted by Gasteiger charge is -2.45. The molecule has 0 aromatic heterocycles. The lowest BCUT2D eigenvalue weighted by molar-refractivity contribution is -0.476. The van der Waals surface area contributed by atoms with Gasteiger partial charge in [0.2, 0.25) is 0 Å². The quantitative estimate of drug-likeness (QED) is 0.178. The Labute approximate surface area is 204 Å². The third kappa shape index (κ3) is 4.18. The SMILES string of the molecule is O=C(O)C(F)(F)C(F)(Cl)C(F)(F)C(F)(F)C(F)(F)C(F)(F)C(F)(F)C(F)(F)C(F)(F)C(F)(F)C(F)(F)C(F)(F)F. The molecule has 1 N–H and O–H groups in total. The van der Waals surface area contributed by atoms with Gasteiger partial charge in [-0.05, 0) is 0 Å². The molecular formula is C13HClF24O2. The van der Waals surface area contributed by atoms with Crippen LogP contribution in [0.5, 0.6) is 0 Å². The summed E-state index contributed by atoms with van der Waals surface area (Å²) < 4.78 is 315. The van der Waals surface area contributed by atoms with Gasteiger partial charge in [0.25, 0.3) is 0 Å². The van der Waals surface area contributed by atoms with Crippen LogP contribution in [0.4, 0.5) is 105 Å². The fraction of sp³-hybridized carbons (Fsp3) is 0.923. The Morgan fingerprint density at radius 3 is 0.725 bits per heavy atom. The summed E-state index contributed by atoms with van der Waals surface area (Å²) in [7, 11) is 0. The topological polar surface area (TPSA) is 37.3 Å². The number of carboxylic acids is 1. The first-order valence-corrected chi connectivity index (χ1v) is 8.53. The third-order valence-corrected chi connectivity index (χ3v) is 5.04. The highest BCUT2D eigenvalue weighted by atomic mass is 35.5. The Morgan fingerprint density at radius 1 is 0.375 bits per heavy atom. The van der Waals surface area contributed by atoms with Crippen molar-refractivity contribution in [3.63, 3.8) is 0 Å². The van der Waals surface area contributed by atoms with Crippen molar-refractivity contribution in [2.45, 2.75) is 70.5 Å². The van der Waals surface area contributed by atoms with Crippen LogP contribution in [0.15, 0.2) is 0 Å². The summed E-state index contributed by atoms with van der Waals surface area (Å²) in [6.07, 6.45) is -8.17. The van der Waals surface area contributed by atoms with E-state index in [1.807, 2.05) is 0 Å². The van der Waals surface area contributed by atoms with E-state index in [4.69, 9.17) is 5.11 Å². The zero-order valence-electron chi connectivity index (χ0n) is 16.8. The van der Waals surface area contributed by atoms with Gasteiger partial charge in [-0.25, -0.2) is 9.18 Å². The predicted molar refractivity (Wildman–Crippen MR) is 72.9 cm³/mol. The van der Waals surface area contributed by atoms with Crippen molar-refractivity contribution in [3.8, 4) is 0 Å². The van der Waals surface area contributed by atoms with Crippen LogP contribution in [0, 0.1) is 0 Å². The Kier molecular flexibility index (Phi) is 8.60. The molecule has 0 aromatic carbocycles. The second-order valence-electron chi connectivity index (χ2n) is 7.12. The van der Waals surface area contributed by atoms with Crippen molar-refractivity contribution in [1.29, 1.82) is 0 Å². The normalized spacial score (nSPS) is 18.0. The molecule has 40 heavy (non-hydrogen) atoms. The first-order valence-electron chi connectivity index (χ1n) is 8.15. The molecule has 0 saturated heterocycles. The third-order valence-electron chi connectivity index (χ3n) is 4.57. The molecule has 0 aliphatic carbocycles. The zero-order valence-corrected chi connectivity index (χ0v) is 17.6. The largest absolute Gasteiger partial charge is 0.477 e. The van der Waals surface area contributed by atoms with Gasteiger partial charge in [-0.1, -0.05) is 11.6 Å². The van der Waals surface area contributed by atoms with Crippen LogP contribution in [0.3, 0.4) is 0 Å². The molecule has 0 fully saturated rings. The van der Waals surface area contributed by atoms with Gasteiger partial charge in [0.15, 0.2) is 0 Å². The molecule has 0 spiro atoms. The van der Waals surface area contributed by atoms with E-state index in [2.05, 4.69) is 11.6 Å². The smallest absolute Gasteiger partial charge is 0.460 e. The molecule has 0 bridgehead atoms. The Morgan fingerprint density at radius 2 is 0.550 bits per heavy atom. The van der Waals surface area contributed by atoms with Gasteiger partial charge in [-0.3, -0.25) is 0 Å². The van der Waals surface area contributed by atoms with Gasteiger partial charge in [0.1, 0.15) is 0 Å². The molecule has 0 amide bonds. The van der Waals surface area contributed by atoms with E-state index in [0.717, 1.165) is 0 Å². The number of aliphatic carboxylic acids is 1. The fourth-order valence-corrected chi connectivity index (χ4v) is 2.29. The highest BCUT2D eigenvalue weighted by Crippen LogP contribution is 2.67. The summed E-state index contributed by atoms with van der Waals surface area (Å²) in [5.74, 6) is -94.9. The molecule has 0 saturated carbocycles. The highest BCUT2D eigenvalue weighted by Gasteiger charge is 2.99. The fourth-order valence-electron chi connectivity index (χ4n) is 2.09. The molecule has 0 aliphatic rings. The van der Waals surface area contributed by atoms with E-state index in [0.29, 0.717) is 0 Å². The predicted octanol–water partition coefficient (Wildman–Crippen LogP) is 7.89. The second kappa shape index (κ2) is 9.04. The minimum absolute atomic E-state index is 3.43. The van der Waals surface area contributed by atoms with E-state index < -0.39 is 76.5 Å². The standard InChI is InChI=1S/C13HClF24O2/c14-3(17,2(15,16)1(39)40)4(18,19)5(20,21)6(22,23)7(24,25)8(26,27)9(28,29)10(30,31)11(32,33)12(34,35)13(36,37)38/h(H,39,40). The molecule has 0 rings (SSSR count). The molecule has 0 radical (unpaired) electrons. The number of carbonyl (C=O) groups is 1. The van der Waals surface area contributed by atoms with Gasteiger partial charge >= 0.3 is 76.5 Å². The van der Waals surface area contributed by atoms with Gasteiger partial charge in [-0.2, -0.15) is 101 Å². The van der Waals surface area contributed by atoms with Crippen molar-refractivity contribution < 1.29 is 115 Å². The van der Waals surface area contributed by atoms with Gasteiger partial charge in [-0.15, -0.1) is 0 Å². The summed E-state index contributed by atoms with van der Waals surface area (Å²) in [5, 5.41) is 0.136. The van der Waals surface area contributed by atoms with E-state index in [1.54, 1.807) is 0 Å². The first kappa shape index (κ1) is 38.1. The van der Waals surface area contributed by atoms with Gasteiger partial charge < -0.3 is 5.11 Å². The molecule has 240 valence electrons. The molecule has 1 atom stereocenters. The van der Waals surface area contributed by atoms with Crippen molar-refractivity contribution in [3.05, 3.63) is 0 Å². The van der Waals surface area contributed by atoms with Crippen LogP contribution in [-0.4, -0.2) is 81.6 Å². The van der Waals surface area contributed by atoms with E-state index in [-0.39, 0.29) is 0 Å². The molecular weight excluding hydrogens is 680 g/mol. The Bertz CT molecular complexity index is 976. The van der Waals surface area contributed by atoms with E-state index in [9.17, 15) is 110 Å². The summed E-state index contributed by atoms with van der Waals surface area (Å²) in [4.78, 5) is 10.0. The van der Waals surface area contributed by atoms with Crippen LogP contribution in [0.25, 0.3) is 0 Å². The maximum absolute atomic E-state index is 13.6. The molecule has 2 nitrogen and oxygen atoms in total.